The van der Waals surface area contributed by atoms with E-state index in [2.05, 4.69) is 5.32 Å². The van der Waals surface area contributed by atoms with E-state index in [0.717, 1.165) is 31.5 Å². The van der Waals surface area contributed by atoms with E-state index in [1.807, 2.05) is 36.1 Å². The Hall–Kier alpha value is -1.75. The first-order chi connectivity index (χ1) is 9.70. The fourth-order valence-electron chi connectivity index (χ4n) is 2.50. The van der Waals surface area contributed by atoms with Crippen molar-refractivity contribution in [2.45, 2.75) is 32.4 Å². The molecular formula is C15H23N3O2. The second-order valence-electron chi connectivity index (χ2n) is 5.06. The number of nitrogens with one attached hydrogen (secondary N) is 1. The number of nitrogens with two attached hydrogens (primary N) is 1. The molecule has 20 heavy (non-hydrogen) atoms. The number of piperidine rings is 1. The normalized spacial score (nSPS) is 15.8. The average Bonchev–Trinajstić information content (AvgIpc) is 2.48. The van der Waals surface area contributed by atoms with Crippen molar-refractivity contribution in [2.24, 2.45) is 0 Å². The molecule has 5 nitrogen and oxygen atoms in total. The number of rotatable bonds is 4. The van der Waals surface area contributed by atoms with Crippen LogP contribution in [0.2, 0.25) is 0 Å². The molecule has 1 aromatic carbocycles. The first-order valence-electron chi connectivity index (χ1n) is 7.19. The van der Waals surface area contributed by atoms with Gasteiger partial charge in [-0.15, -0.1) is 0 Å². The second-order valence-corrected chi connectivity index (χ2v) is 5.06. The zero-order valence-corrected chi connectivity index (χ0v) is 12.0. The van der Waals surface area contributed by atoms with Crippen molar-refractivity contribution in [2.75, 3.05) is 25.4 Å². The van der Waals surface area contributed by atoms with Gasteiger partial charge in [-0.05, 0) is 50.6 Å². The van der Waals surface area contributed by atoms with Gasteiger partial charge < -0.3 is 20.7 Å². The molecule has 1 aliphatic heterocycles. The summed E-state index contributed by atoms with van der Waals surface area (Å²) < 4.78 is 5.40. The van der Waals surface area contributed by atoms with Crippen molar-refractivity contribution in [1.29, 1.82) is 0 Å². The molecule has 5 heteroatoms. The number of carbonyl (C=O) groups excluding carboxylic acids is 1. The molecule has 0 spiro atoms. The van der Waals surface area contributed by atoms with E-state index in [4.69, 9.17) is 10.5 Å². The third-order valence-corrected chi connectivity index (χ3v) is 3.67. The van der Waals surface area contributed by atoms with Crippen LogP contribution in [-0.2, 0) is 11.3 Å². The fraction of sp³-hybridized carbons (Fsp3) is 0.533. The molecule has 0 unspecified atom stereocenters. The summed E-state index contributed by atoms with van der Waals surface area (Å²) in [5.41, 5.74) is 7.29. The number of nitrogens with zero attached hydrogens (tertiary/aromatic N) is 1. The van der Waals surface area contributed by atoms with Gasteiger partial charge in [-0.1, -0.05) is 12.1 Å². The van der Waals surface area contributed by atoms with E-state index >= 15 is 0 Å². The Bertz CT molecular complexity index is 427. The number of nitrogen functional groups attached to an aromatic ring is 1. The fourth-order valence-corrected chi connectivity index (χ4v) is 2.50. The lowest BCUT2D eigenvalue weighted by Crippen LogP contribution is -2.46. The van der Waals surface area contributed by atoms with E-state index in [0.29, 0.717) is 24.9 Å². The minimum atomic E-state index is -0.226. The molecule has 1 aromatic rings. The topological polar surface area (TPSA) is 67.6 Å². The van der Waals surface area contributed by atoms with E-state index < -0.39 is 0 Å². The second kappa shape index (κ2) is 7.14. The summed E-state index contributed by atoms with van der Waals surface area (Å²) >= 11 is 0. The van der Waals surface area contributed by atoms with Crippen LogP contribution in [0, 0.1) is 0 Å². The van der Waals surface area contributed by atoms with Gasteiger partial charge in [-0.2, -0.15) is 0 Å². The zero-order chi connectivity index (χ0) is 14.4. The van der Waals surface area contributed by atoms with Gasteiger partial charge in [0.15, 0.2) is 0 Å². The summed E-state index contributed by atoms with van der Waals surface area (Å²) in [6.45, 7) is 4.90. The number of ether oxygens (including phenoxy) is 1. The van der Waals surface area contributed by atoms with Gasteiger partial charge in [0.2, 0.25) is 0 Å². The number of benzene rings is 1. The number of hydrogen-bond acceptors (Lipinski definition) is 4. The molecule has 1 aliphatic rings. The maximum Gasteiger partial charge on any atom is 0.410 e. The van der Waals surface area contributed by atoms with Gasteiger partial charge in [0.25, 0.3) is 0 Å². The number of carbonyl (C=O) groups is 1. The number of hydrogen-bond donors (Lipinski definition) is 2. The maximum absolute atomic E-state index is 12.2. The molecule has 0 radical (unpaired) electrons. The van der Waals surface area contributed by atoms with Crippen LogP contribution in [0.3, 0.4) is 0 Å². The van der Waals surface area contributed by atoms with Gasteiger partial charge in [0, 0.05) is 18.3 Å². The van der Waals surface area contributed by atoms with Crippen molar-refractivity contribution < 1.29 is 9.53 Å². The third-order valence-electron chi connectivity index (χ3n) is 3.67. The van der Waals surface area contributed by atoms with Crippen LogP contribution in [-0.4, -0.2) is 36.7 Å². The Morgan fingerprint density at radius 2 is 2.00 bits per heavy atom. The quantitative estimate of drug-likeness (QED) is 0.826. The van der Waals surface area contributed by atoms with Crippen molar-refractivity contribution >= 4 is 11.8 Å². The predicted octanol–water partition coefficient (Wildman–Crippen LogP) is 1.98. The van der Waals surface area contributed by atoms with Crippen LogP contribution in [0.25, 0.3) is 0 Å². The van der Waals surface area contributed by atoms with Gasteiger partial charge in [-0.3, -0.25) is 0 Å². The largest absolute Gasteiger partial charge is 0.445 e. The molecule has 0 aromatic heterocycles. The van der Waals surface area contributed by atoms with E-state index in [1.54, 1.807) is 0 Å². The van der Waals surface area contributed by atoms with E-state index in [-0.39, 0.29) is 6.09 Å². The monoisotopic (exact) mass is 277 g/mol. The molecule has 1 fully saturated rings. The Morgan fingerprint density at radius 3 is 2.60 bits per heavy atom. The molecule has 1 saturated heterocycles. The summed E-state index contributed by atoms with van der Waals surface area (Å²) in [5, 5.41) is 3.31. The maximum atomic E-state index is 12.2. The van der Waals surface area contributed by atoms with Gasteiger partial charge >= 0.3 is 6.09 Å². The molecule has 0 aliphatic carbocycles. The number of amides is 1. The highest BCUT2D eigenvalue weighted by Crippen LogP contribution is 2.14. The van der Waals surface area contributed by atoms with Crippen LogP contribution in [0.5, 0.6) is 0 Å². The smallest absolute Gasteiger partial charge is 0.410 e. The summed E-state index contributed by atoms with van der Waals surface area (Å²) in [6, 6.07) is 7.67. The van der Waals surface area contributed by atoms with Crippen LogP contribution in [0.15, 0.2) is 24.3 Å². The summed E-state index contributed by atoms with van der Waals surface area (Å²) in [5.74, 6) is 0. The van der Waals surface area contributed by atoms with Crippen LogP contribution >= 0.6 is 0 Å². The molecule has 110 valence electrons. The lowest BCUT2D eigenvalue weighted by Gasteiger charge is -2.33. The first-order valence-corrected chi connectivity index (χ1v) is 7.19. The molecule has 0 saturated carbocycles. The summed E-state index contributed by atoms with van der Waals surface area (Å²) in [4.78, 5) is 14.0. The lowest BCUT2D eigenvalue weighted by atomic mass is 10.1. The molecule has 0 bridgehead atoms. The van der Waals surface area contributed by atoms with Crippen LogP contribution in [0.1, 0.15) is 25.3 Å². The minimum absolute atomic E-state index is 0.226. The van der Waals surface area contributed by atoms with Crippen LogP contribution < -0.4 is 11.1 Å². The van der Waals surface area contributed by atoms with Gasteiger partial charge in [0.1, 0.15) is 6.61 Å². The number of anilines is 1. The highest BCUT2D eigenvalue weighted by molar-refractivity contribution is 5.68. The summed E-state index contributed by atoms with van der Waals surface area (Å²) in [6.07, 6.45) is 1.76. The first kappa shape index (κ1) is 14.7. The third kappa shape index (κ3) is 3.87. The standard InChI is InChI=1S/C15H23N3O2/c1-2-18(14-7-9-17-10-8-14)15(19)20-11-12-3-5-13(16)6-4-12/h3-6,14,17H,2,7-11,16H2,1H3. The molecule has 1 heterocycles. The molecule has 1 amide bonds. The highest BCUT2D eigenvalue weighted by atomic mass is 16.6. The SMILES string of the molecule is CCN(C(=O)OCc1ccc(N)cc1)C1CCNCC1. The highest BCUT2D eigenvalue weighted by Gasteiger charge is 2.24. The van der Waals surface area contributed by atoms with E-state index in [1.165, 1.54) is 0 Å². The Kier molecular flexibility index (Phi) is 5.24. The summed E-state index contributed by atoms with van der Waals surface area (Å²) in [7, 11) is 0. The van der Waals surface area contributed by atoms with Crippen molar-refractivity contribution in [3.05, 3.63) is 29.8 Å². The van der Waals surface area contributed by atoms with Crippen molar-refractivity contribution in [1.82, 2.24) is 10.2 Å². The van der Waals surface area contributed by atoms with E-state index in [9.17, 15) is 4.79 Å². The molecule has 3 N–H and O–H groups in total. The molecular weight excluding hydrogens is 254 g/mol. The van der Waals surface area contributed by atoms with Crippen molar-refractivity contribution in [3.8, 4) is 0 Å². The lowest BCUT2D eigenvalue weighted by molar-refractivity contribution is 0.0759. The molecule has 2 rings (SSSR count). The predicted molar refractivity (Wildman–Crippen MR) is 79.3 cm³/mol. The Morgan fingerprint density at radius 1 is 1.35 bits per heavy atom. The molecule has 0 atom stereocenters. The Balaban J connectivity index is 1.87. The zero-order valence-electron chi connectivity index (χ0n) is 12.0. The Labute approximate surface area is 120 Å². The average molecular weight is 277 g/mol. The van der Waals surface area contributed by atoms with Gasteiger partial charge in [0.05, 0.1) is 0 Å². The van der Waals surface area contributed by atoms with Crippen molar-refractivity contribution in [3.63, 3.8) is 0 Å². The van der Waals surface area contributed by atoms with Gasteiger partial charge in [-0.25, -0.2) is 4.79 Å². The van der Waals surface area contributed by atoms with Crippen LogP contribution in [0.4, 0.5) is 10.5 Å². The minimum Gasteiger partial charge on any atom is -0.445 e.